The van der Waals surface area contributed by atoms with Gasteiger partial charge in [-0.3, -0.25) is 14.2 Å². The van der Waals surface area contributed by atoms with Crippen LogP contribution in [0.5, 0.6) is 0 Å². The second-order valence-electron chi connectivity index (χ2n) is 8.47. The highest BCUT2D eigenvalue weighted by molar-refractivity contribution is 8.27. The van der Waals surface area contributed by atoms with E-state index in [0.717, 1.165) is 41.8 Å². The Hall–Kier alpha value is -2.11. The first-order chi connectivity index (χ1) is 16.0. The van der Waals surface area contributed by atoms with Gasteiger partial charge in [0, 0.05) is 23.4 Å². The van der Waals surface area contributed by atoms with Crippen molar-refractivity contribution in [1.82, 2.24) is 0 Å². The van der Waals surface area contributed by atoms with E-state index in [4.69, 9.17) is 10.9 Å². The van der Waals surface area contributed by atoms with Gasteiger partial charge >= 0.3 is 0 Å². The summed E-state index contributed by atoms with van der Waals surface area (Å²) in [6.45, 7) is 2.57. The molecule has 6 N–H and O–H groups in total. The van der Waals surface area contributed by atoms with E-state index in [1.54, 1.807) is 42.5 Å². The van der Waals surface area contributed by atoms with Crippen LogP contribution in [0, 0.1) is 0 Å². The number of anilines is 2. The average molecular weight is 511 g/mol. The van der Waals surface area contributed by atoms with Gasteiger partial charge in [-0.15, -0.1) is 0 Å². The Morgan fingerprint density at radius 1 is 1.06 bits per heavy atom. The van der Waals surface area contributed by atoms with Crippen LogP contribution < -0.4 is 20.5 Å². The third-order valence-electron chi connectivity index (χ3n) is 5.65. The Kier molecular flexibility index (Phi) is 10.4. The van der Waals surface area contributed by atoms with E-state index in [9.17, 15) is 17.8 Å². The lowest BCUT2D eigenvalue weighted by Gasteiger charge is -2.29. The average Bonchev–Trinajstić information content (AvgIpc) is 2.78. The van der Waals surface area contributed by atoms with Crippen molar-refractivity contribution < 1.29 is 17.8 Å². The Balaban J connectivity index is 2.18. The van der Waals surface area contributed by atoms with Crippen LogP contribution in [0.4, 0.5) is 11.4 Å². The zero-order chi connectivity index (χ0) is 25.4. The molecule has 2 aromatic carbocycles. The first-order valence-electron chi connectivity index (χ1n) is 11.5. The van der Waals surface area contributed by atoms with Crippen molar-refractivity contribution in [2.75, 3.05) is 35.2 Å². The summed E-state index contributed by atoms with van der Waals surface area (Å²) in [5.74, 6) is 0.0979. The van der Waals surface area contributed by atoms with Crippen LogP contribution in [-0.4, -0.2) is 44.5 Å². The molecule has 0 heterocycles. The molecule has 1 atom stereocenters. The molecule has 1 amide bonds. The summed E-state index contributed by atoms with van der Waals surface area (Å²) in [5, 5.41) is 9.03. The maximum absolute atomic E-state index is 13.1. The van der Waals surface area contributed by atoms with E-state index in [-0.39, 0.29) is 11.3 Å². The Bertz CT molecular complexity index is 1060. The Morgan fingerprint density at radius 2 is 1.71 bits per heavy atom. The van der Waals surface area contributed by atoms with Gasteiger partial charge in [-0.25, -0.2) is 8.42 Å². The molecule has 34 heavy (non-hydrogen) atoms. The zero-order valence-corrected chi connectivity index (χ0v) is 21.9. The van der Waals surface area contributed by atoms with Crippen LogP contribution in [0.25, 0.3) is 0 Å². The van der Waals surface area contributed by atoms with Crippen molar-refractivity contribution in [2.24, 2.45) is 10.9 Å². The molecule has 0 bridgehead atoms. The van der Waals surface area contributed by atoms with Crippen LogP contribution in [-0.2, 0) is 16.4 Å². The molecule has 0 saturated heterocycles. The number of rotatable bonds is 13. The lowest BCUT2D eigenvalue weighted by molar-refractivity contribution is 0.102. The second-order valence-corrected chi connectivity index (χ2v) is 12.9. The van der Waals surface area contributed by atoms with Gasteiger partial charge in [0.25, 0.3) is 5.91 Å². The molecule has 190 valence electrons. The number of hydrogen-bond donors (Lipinski definition) is 4. The lowest BCUT2D eigenvalue weighted by atomic mass is 10.1. The summed E-state index contributed by atoms with van der Waals surface area (Å²) in [6, 6.07) is 11.9. The van der Waals surface area contributed by atoms with Gasteiger partial charge in [0.15, 0.2) is 0 Å². The number of carbonyl (C=O) groups excluding carboxylic acids is 1. The van der Waals surface area contributed by atoms with Crippen molar-refractivity contribution in [1.29, 1.82) is 0 Å². The molecule has 0 aliphatic carbocycles. The smallest absolute Gasteiger partial charge is 0.257 e. The molecule has 2 rings (SSSR count). The highest BCUT2D eigenvalue weighted by Crippen LogP contribution is 2.45. The minimum Gasteiger partial charge on any atom is -0.334 e. The number of carbonyl (C=O) groups is 1. The van der Waals surface area contributed by atoms with Gasteiger partial charge in [-0.1, -0.05) is 49.2 Å². The maximum atomic E-state index is 13.1. The predicted molar refractivity (Wildman–Crippen MR) is 143 cm³/mol. The standard InChI is InChI=1S/C24H38N4O4S2/c1-4-5-6-7-8-17-34(26,32)21-12-10-20(11-13-21)27-24(29)22-18-19(15-16-25)9-14-23(22)28(2)33(3,30)31/h9-14,18,32H,4-8,15-17,25-26H2,1-3H3,(H,27,29). The van der Waals surface area contributed by atoms with E-state index in [1.165, 1.54) is 13.5 Å². The molecule has 10 heteroatoms. The molecule has 2 aromatic rings. The fourth-order valence-corrected chi connectivity index (χ4v) is 5.56. The maximum Gasteiger partial charge on any atom is 0.257 e. The number of sulfonamides is 1. The third-order valence-corrected chi connectivity index (χ3v) is 8.85. The molecule has 0 saturated carbocycles. The molecule has 0 fully saturated rings. The summed E-state index contributed by atoms with van der Waals surface area (Å²) in [7, 11) is -4.54. The first kappa shape index (κ1) is 28.1. The quantitative estimate of drug-likeness (QED) is 0.296. The number of benzene rings is 2. The van der Waals surface area contributed by atoms with Crippen molar-refractivity contribution in [3.8, 4) is 0 Å². The van der Waals surface area contributed by atoms with E-state index in [1.807, 2.05) is 0 Å². The fraction of sp³-hybridized carbons (Fsp3) is 0.458. The van der Waals surface area contributed by atoms with E-state index in [0.29, 0.717) is 29.3 Å². The number of unbranched alkanes of at least 4 members (excludes halogenated alkanes) is 4. The number of amides is 1. The zero-order valence-electron chi connectivity index (χ0n) is 20.3. The summed E-state index contributed by atoms with van der Waals surface area (Å²) >= 11 is 0. The largest absolute Gasteiger partial charge is 0.334 e. The molecule has 1 unspecified atom stereocenters. The lowest BCUT2D eigenvalue weighted by Crippen LogP contribution is -2.28. The SMILES string of the molecule is CCCCCCCS(N)(O)c1ccc(NC(=O)c2cc(CCN)ccc2N(C)S(C)(=O)=O)cc1. The van der Waals surface area contributed by atoms with Crippen LogP contribution in [0.1, 0.15) is 54.9 Å². The van der Waals surface area contributed by atoms with E-state index < -0.39 is 26.4 Å². The van der Waals surface area contributed by atoms with Gasteiger partial charge < -0.3 is 15.6 Å². The van der Waals surface area contributed by atoms with Crippen LogP contribution in [0.3, 0.4) is 0 Å². The minimum atomic E-state index is -3.56. The first-order valence-corrected chi connectivity index (χ1v) is 15.2. The normalized spacial score (nSPS) is 14.3. The number of hydrogen-bond acceptors (Lipinski definition) is 6. The Morgan fingerprint density at radius 3 is 2.29 bits per heavy atom. The Labute approximate surface area is 205 Å². The van der Waals surface area contributed by atoms with Crippen molar-refractivity contribution in [2.45, 2.75) is 50.3 Å². The van der Waals surface area contributed by atoms with Gasteiger partial charge in [0.2, 0.25) is 10.0 Å². The summed E-state index contributed by atoms with van der Waals surface area (Å²) in [4.78, 5) is 13.8. The van der Waals surface area contributed by atoms with Gasteiger partial charge in [-0.2, -0.15) is 0 Å². The number of nitrogens with one attached hydrogen (secondary N) is 1. The van der Waals surface area contributed by atoms with Crippen molar-refractivity contribution in [3.05, 3.63) is 53.6 Å². The second kappa shape index (κ2) is 12.6. The van der Waals surface area contributed by atoms with Crippen LogP contribution in [0.2, 0.25) is 0 Å². The van der Waals surface area contributed by atoms with Crippen molar-refractivity contribution >= 4 is 37.8 Å². The fourth-order valence-electron chi connectivity index (χ4n) is 3.56. The monoisotopic (exact) mass is 510 g/mol. The topological polar surface area (TPSA) is 139 Å². The van der Waals surface area contributed by atoms with Crippen LogP contribution in [0.15, 0.2) is 47.4 Å². The molecule has 0 radical (unpaired) electrons. The summed E-state index contributed by atoms with van der Waals surface area (Å²) in [5.41, 5.74) is 7.51. The van der Waals surface area contributed by atoms with E-state index in [2.05, 4.69) is 12.2 Å². The highest BCUT2D eigenvalue weighted by Gasteiger charge is 2.21. The summed E-state index contributed by atoms with van der Waals surface area (Å²) < 4.78 is 36.0. The number of nitrogens with zero attached hydrogens (tertiary/aromatic N) is 1. The molecule has 0 aliphatic rings. The van der Waals surface area contributed by atoms with Gasteiger partial charge in [0.1, 0.15) is 0 Å². The van der Waals surface area contributed by atoms with Crippen LogP contribution >= 0.6 is 10.5 Å². The van der Waals surface area contributed by atoms with Gasteiger partial charge in [-0.05, 0) is 61.3 Å². The van der Waals surface area contributed by atoms with Crippen molar-refractivity contribution in [3.63, 3.8) is 0 Å². The molecule has 0 aromatic heterocycles. The molecular weight excluding hydrogens is 472 g/mol. The third kappa shape index (κ3) is 7.99. The molecule has 0 spiro atoms. The predicted octanol–water partition coefficient (Wildman–Crippen LogP) is 4.32. The van der Waals surface area contributed by atoms with Gasteiger partial charge in [0.05, 0.1) is 17.5 Å². The summed E-state index contributed by atoms with van der Waals surface area (Å²) in [6.07, 6.45) is 7.05. The molecule has 0 aliphatic heterocycles. The highest BCUT2D eigenvalue weighted by atomic mass is 32.3. The van der Waals surface area contributed by atoms with E-state index >= 15 is 0 Å². The number of nitrogens with two attached hydrogens (primary N) is 2. The minimum absolute atomic E-state index is 0.232. The molecule has 8 nitrogen and oxygen atoms in total. The molecular formula is C24H38N4O4S2.